The largest absolute Gasteiger partial charge is 0.348 e. The van der Waals surface area contributed by atoms with Crippen molar-refractivity contribution in [2.45, 2.75) is 45.2 Å². The molecule has 0 fully saturated rings. The molecule has 0 bridgehead atoms. The van der Waals surface area contributed by atoms with Crippen LogP contribution in [0.1, 0.15) is 40.8 Å². The van der Waals surface area contributed by atoms with Gasteiger partial charge in [0.1, 0.15) is 0 Å². The number of rotatable bonds is 8. The molecule has 180 valence electrons. The molecular formula is C26H28Cl2N2O3S. The van der Waals surface area contributed by atoms with Crippen molar-refractivity contribution in [3.63, 3.8) is 0 Å². The molecule has 0 radical (unpaired) electrons. The van der Waals surface area contributed by atoms with E-state index in [0.29, 0.717) is 21.2 Å². The van der Waals surface area contributed by atoms with Gasteiger partial charge in [0, 0.05) is 16.6 Å². The van der Waals surface area contributed by atoms with Gasteiger partial charge in [-0.1, -0.05) is 65.2 Å². The monoisotopic (exact) mass is 518 g/mol. The Hall–Kier alpha value is -2.38. The van der Waals surface area contributed by atoms with Crippen molar-refractivity contribution in [3.05, 3.63) is 98.5 Å². The highest BCUT2D eigenvalue weighted by molar-refractivity contribution is 7.89. The van der Waals surface area contributed by atoms with Crippen LogP contribution in [-0.4, -0.2) is 25.2 Å². The average molecular weight is 519 g/mol. The lowest BCUT2D eigenvalue weighted by molar-refractivity contribution is -0.122. The topological polar surface area (TPSA) is 66.5 Å². The van der Waals surface area contributed by atoms with E-state index in [1.807, 2.05) is 38.1 Å². The SMILES string of the molecule is Cc1cc(C)c(S(=O)(=O)N(CC(=O)N[C@H](C)c2ccc(Cl)cc2)Cc2ccc(Cl)cc2)c(C)c1. The summed E-state index contributed by atoms with van der Waals surface area (Å²) in [5, 5.41) is 4.05. The lowest BCUT2D eigenvalue weighted by Gasteiger charge is -2.25. The second-order valence-corrected chi connectivity index (χ2v) is 11.2. The van der Waals surface area contributed by atoms with E-state index in [4.69, 9.17) is 23.2 Å². The summed E-state index contributed by atoms with van der Waals surface area (Å²) in [5.41, 5.74) is 3.87. The van der Waals surface area contributed by atoms with Crippen LogP contribution in [0.25, 0.3) is 0 Å². The molecule has 0 aliphatic rings. The third-order valence-electron chi connectivity index (χ3n) is 5.54. The van der Waals surface area contributed by atoms with Crippen molar-refractivity contribution >= 4 is 39.1 Å². The van der Waals surface area contributed by atoms with Crippen molar-refractivity contribution in [3.8, 4) is 0 Å². The minimum Gasteiger partial charge on any atom is -0.348 e. The van der Waals surface area contributed by atoms with Gasteiger partial charge in [-0.25, -0.2) is 8.42 Å². The summed E-state index contributed by atoms with van der Waals surface area (Å²) in [6.07, 6.45) is 0. The van der Waals surface area contributed by atoms with Gasteiger partial charge in [0.2, 0.25) is 15.9 Å². The molecule has 0 unspecified atom stereocenters. The third kappa shape index (κ3) is 6.39. The Morgan fingerprint density at radius 3 is 1.94 bits per heavy atom. The van der Waals surface area contributed by atoms with Crippen molar-refractivity contribution in [1.29, 1.82) is 0 Å². The number of nitrogens with one attached hydrogen (secondary N) is 1. The van der Waals surface area contributed by atoms with Crippen LogP contribution in [0.3, 0.4) is 0 Å². The molecule has 3 aromatic rings. The van der Waals surface area contributed by atoms with Crippen LogP contribution in [-0.2, 0) is 21.4 Å². The number of nitrogens with zero attached hydrogens (tertiary/aromatic N) is 1. The molecule has 0 aliphatic heterocycles. The number of aryl methyl sites for hydroxylation is 3. The Morgan fingerprint density at radius 2 is 1.41 bits per heavy atom. The molecule has 0 heterocycles. The minimum absolute atomic E-state index is 0.0367. The van der Waals surface area contributed by atoms with Crippen LogP contribution in [0.2, 0.25) is 10.0 Å². The predicted molar refractivity (Wildman–Crippen MR) is 138 cm³/mol. The highest BCUT2D eigenvalue weighted by atomic mass is 35.5. The number of hydrogen-bond donors (Lipinski definition) is 1. The van der Waals surface area contributed by atoms with Crippen LogP contribution in [0.5, 0.6) is 0 Å². The Kier molecular flexibility index (Phi) is 8.42. The lowest BCUT2D eigenvalue weighted by atomic mass is 10.1. The Balaban J connectivity index is 1.91. The van der Waals surface area contributed by atoms with Crippen LogP contribution in [0, 0.1) is 20.8 Å². The van der Waals surface area contributed by atoms with Crippen molar-refractivity contribution in [2.24, 2.45) is 0 Å². The summed E-state index contributed by atoms with van der Waals surface area (Å²) in [7, 11) is -3.97. The first kappa shape index (κ1) is 26.2. The van der Waals surface area contributed by atoms with E-state index in [-0.39, 0.29) is 24.0 Å². The van der Waals surface area contributed by atoms with Gasteiger partial charge in [0.15, 0.2) is 0 Å². The van der Waals surface area contributed by atoms with E-state index in [1.165, 1.54) is 4.31 Å². The number of hydrogen-bond acceptors (Lipinski definition) is 3. The van der Waals surface area contributed by atoms with Gasteiger partial charge in [-0.15, -0.1) is 0 Å². The molecule has 0 saturated carbocycles. The molecule has 8 heteroatoms. The smallest absolute Gasteiger partial charge is 0.244 e. The maximum Gasteiger partial charge on any atom is 0.244 e. The second kappa shape index (κ2) is 10.9. The van der Waals surface area contributed by atoms with E-state index in [2.05, 4.69) is 5.32 Å². The summed E-state index contributed by atoms with van der Waals surface area (Å²) < 4.78 is 28.8. The Morgan fingerprint density at radius 1 is 0.912 bits per heavy atom. The zero-order valence-corrected chi connectivity index (χ0v) is 21.9. The van der Waals surface area contributed by atoms with Crippen molar-refractivity contribution < 1.29 is 13.2 Å². The molecular weight excluding hydrogens is 491 g/mol. The predicted octanol–water partition coefficient (Wildman–Crippen LogP) is 5.99. The molecule has 0 saturated heterocycles. The summed E-state index contributed by atoms with van der Waals surface area (Å²) >= 11 is 11.9. The number of amides is 1. The van der Waals surface area contributed by atoms with Gasteiger partial charge in [0.05, 0.1) is 17.5 Å². The first-order valence-corrected chi connectivity index (χ1v) is 13.0. The van der Waals surface area contributed by atoms with E-state index in [0.717, 1.165) is 16.7 Å². The van der Waals surface area contributed by atoms with Crippen molar-refractivity contribution in [1.82, 2.24) is 9.62 Å². The Labute approximate surface area is 211 Å². The van der Waals surface area contributed by atoms with Crippen LogP contribution in [0.4, 0.5) is 0 Å². The van der Waals surface area contributed by atoms with Crippen LogP contribution >= 0.6 is 23.2 Å². The highest BCUT2D eigenvalue weighted by Gasteiger charge is 2.30. The number of carbonyl (C=O) groups is 1. The van der Waals surface area contributed by atoms with Gasteiger partial charge < -0.3 is 5.32 Å². The van der Waals surface area contributed by atoms with Gasteiger partial charge in [-0.2, -0.15) is 4.31 Å². The molecule has 1 atom stereocenters. The van der Waals surface area contributed by atoms with E-state index in [1.54, 1.807) is 50.2 Å². The number of halogens is 2. The third-order valence-corrected chi connectivity index (χ3v) is 8.14. The maximum atomic E-state index is 13.8. The fraction of sp³-hybridized carbons (Fsp3) is 0.269. The fourth-order valence-corrected chi connectivity index (χ4v) is 6.05. The quantitative estimate of drug-likeness (QED) is 0.398. The fourth-order valence-electron chi connectivity index (χ4n) is 4.00. The van der Waals surface area contributed by atoms with E-state index >= 15 is 0 Å². The minimum atomic E-state index is -3.97. The molecule has 0 aliphatic carbocycles. The summed E-state index contributed by atoms with van der Waals surface area (Å²) in [6, 6.07) is 17.4. The zero-order valence-electron chi connectivity index (χ0n) is 19.6. The number of carbonyl (C=O) groups excluding carboxylic acids is 1. The zero-order chi connectivity index (χ0) is 25.0. The molecule has 1 N–H and O–H groups in total. The van der Waals surface area contributed by atoms with Crippen molar-refractivity contribution in [2.75, 3.05) is 6.54 Å². The molecule has 3 aromatic carbocycles. The number of benzene rings is 3. The molecule has 3 rings (SSSR count). The van der Waals surface area contributed by atoms with Gasteiger partial charge in [-0.3, -0.25) is 4.79 Å². The van der Waals surface area contributed by atoms with Gasteiger partial charge >= 0.3 is 0 Å². The highest BCUT2D eigenvalue weighted by Crippen LogP contribution is 2.27. The van der Waals surface area contributed by atoms with Crippen LogP contribution < -0.4 is 5.32 Å². The van der Waals surface area contributed by atoms with Gasteiger partial charge in [-0.05, 0) is 74.2 Å². The van der Waals surface area contributed by atoms with E-state index in [9.17, 15) is 13.2 Å². The molecule has 0 aromatic heterocycles. The molecule has 34 heavy (non-hydrogen) atoms. The average Bonchev–Trinajstić information content (AvgIpc) is 2.74. The molecule has 5 nitrogen and oxygen atoms in total. The second-order valence-electron chi connectivity index (χ2n) is 8.47. The lowest BCUT2D eigenvalue weighted by Crippen LogP contribution is -2.41. The standard InChI is InChI=1S/C26H28Cl2N2O3S/c1-17-13-18(2)26(19(3)14-17)34(32,33)30(15-21-5-9-23(27)10-6-21)16-25(31)29-20(4)22-7-11-24(28)12-8-22/h5-14,20H,15-16H2,1-4H3,(H,29,31)/t20-/m1/s1. The summed E-state index contributed by atoms with van der Waals surface area (Å²) in [4.78, 5) is 13.2. The van der Waals surface area contributed by atoms with Crippen LogP contribution in [0.15, 0.2) is 65.6 Å². The first-order chi connectivity index (χ1) is 16.0. The first-order valence-electron chi connectivity index (χ1n) is 10.8. The summed E-state index contributed by atoms with van der Waals surface area (Å²) in [6.45, 7) is 7.03. The number of sulfonamides is 1. The maximum absolute atomic E-state index is 13.8. The summed E-state index contributed by atoms with van der Waals surface area (Å²) in [5.74, 6) is -0.401. The molecule has 0 spiro atoms. The normalized spacial score (nSPS) is 12.6. The Bertz CT molecular complexity index is 1250. The van der Waals surface area contributed by atoms with Gasteiger partial charge in [0.25, 0.3) is 0 Å². The van der Waals surface area contributed by atoms with E-state index < -0.39 is 15.9 Å². The molecule has 1 amide bonds.